The monoisotopic (exact) mass is 410 g/mol. The number of nitrogens with one attached hydrogen (secondary N) is 1. The zero-order chi connectivity index (χ0) is 22.0. The van der Waals surface area contributed by atoms with Crippen LogP contribution >= 0.6 is 0 Å². The SMILES string of the molecule is Cc1ccc2oc(C(=O)OCC(=O)Nc3cc(C)c(C)cc3[N+](=O)[O-])cc(=O)c2c1. The predicted molar refractivity (Wildman–Crippen MR) is 109 cm³/mol. The maximum atomic E-state index is 12.2. The molecule has 1 aromatic heterocycles. The van der Waals surface area contributed by atoms with Gasteiger partial charge in [-0.15, -0.1) is 0 Å². The fourth-order valence-corrected chi connectivity index (χ4v) is 2.81. The van der Waals surface area contributed by atoms with E-state index >= 15 is 0 Å². The minimum Gasteiger partial charge on any atom is -0.450 e. The number of amides is 1. The Morgan fingerprint density at radius 2 is 1.80 bits per heavy atom. The number of fused-ring (bicyclic) bond motifs is 1. The van der Waals surface area contributed by atoms with E-state index in [0.717, 1.165) is 17.2 Å². The molecule has 2 aromatic carbocycles. The first kappa shape index (κ1) is 20.7. The number of benzene rings is 2. The third-order valence-electron chi connectivity index (χ3n) is 4.50. The first-order valence-electron chi connectivity index (χ1n) is 8.93. The third kappa shape index (κ3) is 4.35. The first-order valence-corrected chi connectivity index (χ1v) is 8.93. The van der Waals surface area contributed by atoms with Gasteiger partial charge in [-0.1, -0.05) is 11.6 Å². The zero-order valence-corrected chi connectivity index (χ0v) is 16.5. The Hall–Kier alpha value is -4.01. The molecule has 0 aliphatic rings. The Morgan fingerprint density at radius 1 is 1.10 bits per heavy atom. The second-order valence-electron chi connectivity index (χ2n) is 6.81. The van der Waals surface area contributed by atoms with E-state index in [1.165, 1.54) is 12.1 Å². The highest BCUT2D eigenvalue weighted by molar-refractivity contribution is 5.96. The van der Waals surface area contributed by atoms with E-state index in [4.69, 9.17) is 9.15 Å². The van der Waals surface area contributed by atoms with E-state index in [2.05, 4.69) is 5.32 Å². The number of hydrogen-bond donors (Lipinski definition) is 1. The van der Waals surface area contributed by atoms with Crippen LogP contribution < -0.4 is 10.7 Å². The van der Waals surface area contributed by atoms with E-state index in [-0.39, 0.29) is 22.7 Å². The number of nitro groups is 1. The molecule has 0 saturated heterocycles. The second-order valence-corrected chi connectivity index (χ2v) is 6.81. The minimum atomic E-state index is -1.00. The number of nitrogens with zero attached hydrogens (tertiary/aromatic N) is 1. The lowest BCUT2D eigenvalue weighted by Crippen LogP contribution is -2.22. The lowest BCUT2D eigenvalue weighted by molar-refractivity contribution is -0.384. The largest absolute Gasteiger partial charge is 0.450 e. The Balaban J connectivity index is 1.73. The van der Waals surface area contributed by atoms with E-state index in [1.807, 2.05) is 6.92 Å². The highest BCUT2D eigenvalue weighted by atomic mass is 16.6. The molecule has 0 saturated carbocycles. The molecule has 1 N–H and O–H groups in total. The summed E-state index contributed by atoms with van der Waals surface area (Å²) in [6.45, 7) is 4.57. The van der Waals surface area contributed by atoms with Crippen molar-refractivity contribution in [2.24, 2.45) is 0 Å². The fourth-order valence-electron chi connectivity index (χ4n) is 2.81. The van der Waals surface area contributed by atoms with Crippen molar-refractivity contribution in [1.29, 1.82) is 0 Å². The number of anilines is 1. The molecule has 0 radical (unpaired) electrons. The molecular formula is C21H18N2O7. The number of hydrogen-bond acceptors (Lipinski definition) is 7. The smallest absolute Gasteiger partial charge is 0.374 e. The van der Waals surface area contributed by atoms with Crippen LogP contribution in [-0.2, 0) is 9.53 Å². The van der Waals surface area contributed by atoms with Gasteiger partial charge in [-0.05, 0) is 50.1 Å². The maximum absolute atomic E-state index is 12.2. The maximum Gasteiger partial charge on any atom is 0.374 e. The normalized spacial score (nSPS) is 10.6. The number of carbonyl (C=O) groups excluding carboxylic acids is 2. The van der Waals surface area contributed by atoms with E-state index in [9.17, 15) is 24.5 Å². The van der Waals surface area contributed by atoms with Gasteiger partial charge in [-0.25, -0.2) is 4.79 Å². The van der Waals surface area contributed by atoms with Crippen molar-refractivity contribution in [2.45, 2.75) is 20.8 Å². The van der Waals surface area contributed by atoms with Crippen LogP contribution in [0, 0.1) is 30.9 Å². The molecular weight excluding hydrogens is 392 g/mol. The summed E-state index contributed by atoms with van der Waals surface area (Å²) in [7, 11) is 0. The number of nitro benzene ring substituents is 1. The van der Waals surface area contributed by atoms with Crippen LogP contribution in [0.1, 0.15) is 27.2 Å². The van der Waals surface area contributed by atoms with Crippen molar-refractivity contribution in [3.8, 4) is 0 Å². The summed E-state index contributed by atoms with van der Waals surface area (Å²) in [5, 5.41) is 13.9. The summed E-state index contributed by atoms with van der Waals surface area (Å²) in [4.78, 5) is 47.1. The Kier molecular flexibility index (Phi) is 5.63. The number of ether oxygens (including phenoxy) is 1. The molecule has 9 heteroatoms. The molecule has 1 amide bonds. The first-order chi connectivity index (χ1) is 14.2. The van der Waals surface area contributed by atoms with E-state index in [1.54, 1.807) is 32.0 Å². The van der Waals surface area contributed by atoms with Crippen molar-refractivity contribution in [3.63, 3.8) is 0 Å². The van der Waals surface area contributed by atoms with Gasteiger partial charge in [0.15, 0.2) is 12.0 Å². The van der Waals surface area contributed by atoms with Crippen LogP contribution in [0.3, 0.4) is 0 Å². The molecule has 0 atom stereocenters. The van der Waals surface area contributed by atoms with Crippen LogP contribution in [0.25, 0.3) is 11.0 Å². The van der Waals surface area contributed by atoms with Crippen LogP contribution in [0.15, 0.2) is 45.6 Å². The summed E-state index contributed by atoms with van der Waals surface area (Å²) in [6, 6.07) is 8.75. The summed E-state index contributed by atoms with van der Waals surface area (Å²) in [6.07, 6.45) is 0. The lowest BCUT2D eigenvalue weighted by atomic mass is 10.1. The fraction of sp³-hybridized carbons (Fsp3) is 0.190. The molecule has 0 spiro atoms. The molecule has 0 unspecified atom stereocenters. The molecule has 30 heavy (non-hydrogen) atoms. The minimum absolute atomic E-state index is 0.00300. The number of esters is 1. The van der Waals surface area contributed by atoms with E-state index in [0.29, 0.717) is 10.9 Å². The van der Waals surface area contributed by atoms with Crippen LogP contribution in [0.4, 0.5) is 11.4 Å². The standard InChI is InChI=1S/C21H18N2O7/c1-11-4-5-18-14(6-11)17(24)9-19(30-18)21(26)29-10-20(25)22-15-7-12(2)13(3)8-16(15)23(27)28/h4-9H,10H2,1-3H3,(H,22,25). The molecule has 9 nitrogen and oxygen atoms in total. The summed E-state index contributed by atoms with van der Waals surface area (Å²) >= 11 is 0. The van der Waals surface area contributed by atoms with Crippen molar-refractivity contribution < 1.29 is 23.7 Å². The van der Waals surface area contributed by atoms with Gasteiger partial charge in [0.1, 0.15) is 11.3 Å². The van der Waals surface area contributed by atoms with Gasteiger partial charge in [0.25, 0.3) is 11.6 Å². The van der Waals surface area contributed by atoms with E-state index < -0.39 is 28.8 Å². The molecule has 0 aliphatic heterocycles. The molecule has 3 rings (SSSR count). The van der Waals surface area contributed by atoms with Gasteiger partial charge in [0.2, 0.25) is 5.76 Å². The van der Waals surface area contributed by atoms with Crippen molar-refractivity contribution >= 4 is 34.2 Å². The molecule has 3 aromatic rings. The summed E-state index contributed by atoms with van der Waals surface area (Å²) < 4.78 is 10.3. The van der Waals surface area contributed by atoms with Gasteiger partial charge in [0.05, 0.1) is 10.3 Å². The van der Waals surface area contributed by atoms with Crippen LogP contribution in [0.2, 0.25) is 0 Å². The van der Waals surface area contributed by atoms with Crippen LogP contribution in [0.5, 0.6) is 0 Å². The number of rotatable bonds is 5. The Labute approximate surface area is 170 Å². The molecule has 154 valence electrons. The van der Waals surface area contributed by atoms with Crippen molar-refractivity contribution in [1.82, 2.24) is 0 Å². The average Bonchev–Trinajstić information content (AvgIpc) is 2.68. The Morgan fingerprint density at radius 3 is 2.50 bits per heavy atom. The van der Waals surface area contributed by atoms with Crippen molar-refractivity contribution in [2.75, 3.05) is 11.9 Å². The van der Waals surface area contributed by atoms with Gasteiger partial charge in [-0.2, -0.15) is 0 Å². The van der Waals surface area contributed by atoms with Crippen molar-refractivity contribution in [3.05, 3.63) is 79.2 Å². The zero-order valence-electron chi connectivity index (χ0n) is 16.5. The van der Waals surface area contributed by atoms with Gasteiger partial charge in [-0.3, -0.25) is 19.7 Å². The topological polar surface area (TPSA) is 129 Å². The van der Waals surface area contributed by atoms with Crippen LogP contribution in [-0.4, -0.2) is 23.4 Å². The second kappa shape index (κ2) is 8.16. The Bertz CT molecular complexity index is 1240. The lowest BCUT2D eigenvalue weighted by Gasteiger charge is -2.09. The highest BCUT2D eigenvalue weighted by Crippen LogP contribution is 2.27. The summed E-state index contributed by atoms with van der Waals surface area (Å²) in [5.74, 6) is -2.12. The third-order valence-corrected chi connectivity index (χ3v) is 4.50. The quantitative estimate of drug-likeness (QED) is 0.387. The van der Waals surface area contributed by atoms with Gasteiger partial charge in [0, 0.05) is 12.1 Å². The number of carbonyl (C=O) groups is 2. The van der Waals surface area contributed by atoms with Gasteiger partial charge >= 0.3 is 5.97 Å². The van der Waals surface area contributed by atoms with Gasteiger partial charge < -0.3 is 14.5 Å². The molecule has 0 aliphatic carbocycles. The molecule has 1 heterocycles. The molecule has 0 bridgehead atoms. The predicted octanol–water partition coefficient (Wildman–Crippen LogP) is 3.42. The average molecular weight is 410 g/mol. The highest BCUT2D eigenvalue weighted by Gasteiger charge is 2.20. The molecule has 0 fully saturated rings. The summed E-state index contributed by atoms with van der Waals surface area (Å²) in [5.41, 5.74) is 1.85. The number of aryl methyl sites for hydroxylation is 3.